The highest BCUT2D eigenvalue weighted by Crippen LogP contribution is 2.33. The molecule has 1 rings (SSSR count). The van der Waals surface area contributed by atoms with Crippen molar-refractivity contribution >= 4 is 23.6 Å². The maximum Gasteiger partial charge on any atom is 0.327 e. The van der Waals surface area contributed by atoms with E-state index in [-0.39, 0.29) is 23.7 Å². The summed E-state index contributed by atoms with van der Waals surface area (Å²) >= 11 is 1.54. The minimum absolute atomic E-state index is 0.0236. The first-order valence-corrected chi connectivity index (χ1v) is 7.48. The van der Waals surface area contributed by atoms with Gasteiger partial charge in [-0.3, -0.25) is 4.79 Å². The molecule has 104 valence electrons. The van der Waals surface area contributed by atoms with Crippen LogP contribution >= 0.6 is 11.8 Å². The molecule has 0 aromatic rings. The lowest BCUT2D eigenvalue weighted by molar-refractivity contribution is -0.151. The summed E-state index contributed by atoms with van der Waals surface area (Å²) in [6.45, 7) is 4.26. The van der Waals surface area contributed by atoms with Crippen molar-refractivity contribution in [1.82, 2.24) is 4.90 Å². The molecule has 1 amide bonds. The van der Waals surface area contributed by atoms with E-state index >= 15 is 0 Å². The Morgan fingerprint density at radius 3 is 2.61 bits per heavy atom. The van der Waals surface area contributed by atoms with Gasteiger partial charge < -0.3 is 15.7 Å². The maximum absolute atomic E-state index is 12.4. The van der Waals surface area contributed by atoms with Crippen LogP contribution in [0.4, 0.5) is 0 Å². The number of thioether (sulfide) groups is 1. The first-order chi connectivity index (χ1) is 8.56. The number of nitrogens with two attached hydrogens (primary N) is 1. The molecule has 0 spiro atoms. The van der Waals surface area contributed by atoms with Crippen LogP contribution in [0.25, 0.3) is 0 Å². The number of hydrogen-bond donors (Lipinski definition) is 2. The van der Waals surface area contributed by atoms with Crippen LogP contribution < -0.4 is 5.73 Å². The molecular formula is C12H22N2O3S. The van der Waals surface area contributed by atoms with Gasteiger partial charge in [0.2, 0.25) is 5.91 Å². The molecule has 1 fully saturated rings. The van der Waals surface area contributed by atoms with E-state index in [0.29, 0.717) is 5.75 Å². The van der Waals surface area contributed by atoms with Crippen LogP contribution in [0.2, 0.25) is 0 Å². The van der Waals surface area contributed by atoms with E-state index in [2.05, 4.69) is 0 Å². The Hall–Kier alpha value is -0.750. The minimum Gasteiger partial charge on any atom is -0.480 e. The lowest BCUT2D eigenvalue weighted by Gasteiger charge is -2.30. The van der Waals surface area contributed by atoms with Gasteiger partial charge in [-0.2, -0.15) is 0 Å². The Balaban J connectivity index is 2.86. The molecule has 0 radical (unpaired) electrons. The van der Waals surface area contributed by atoms with Crippen LogP contribution in [0.3, 0.4) is 0 Å². The molecule has 0 aromatic carbocycles. The van der Waals surface area contributed by atoms with Crippen molar-refractivity contribution in [3.63, 3.8) is 0 Å². The van der Waals surface area contributed by atoms with Crippen LogP contribution in [0.5, 0.6) is 0 Å². The van der Waals surface area contributed by atoms with Crippen molar-refractivity contribution in [2.24, 2.45) is 11.7 Å². The summed E-state index contributed by atoms with van der Waals surface area (Å²) in [5, 5.41) is 9.17. The molecule has 3 N–H and O–H groups in total. The lowest BCUT2D eigenvalue weighted by Crippen LogP contribution is -2.49. The van der Waals surface area contributed by atoms with E-state index in [9.17, 15) is 14.7 Å². The molecule has 1 heterocycles. The van der Waals surface area contributed by atoms with Gasteiger partial charge in [0.25, 0.3) is 0 Å². The summed E-state index contributed by atoms with van der Waals surface area (Å²) in [5.41, 5.74) is 5.63. The standard InChI is InChI=1S/C12H22N2O3S/c1-3-5-8(6-13)11(15)14-9(12(16)17)7-18-10(14)4-2/h8-10H,3-7,13H2,1-2H3,(H,16,17). The summed E-state index contributed by atoms with van der Waals surface area (Å²) in [6, 6.07) is -0.696. The Bertz CT molecular complexity index is 312. The van der Waals surface area contributed by atoms with Crippen molar-refractivity contribution in [3.8, 4) is 0 Å². The van der Waals surface area contributed by atoms with Crippen LogP contribution in [0.1, 0.15) is 33.1 Å². The third-order valence-electron chi connectivity index (χ3n) is 3.25. The van der Waals surface area contributed by atoms with Crippen molar-refractivity contribution in [2.75, 3.05) is 12.3 Å². The van der Waals surface area contributed by atoms with Gasteiger partial charge in [-0.05, 0) is 12.8 Å². The zero-order valence-electron chi connectivity index (χ0n) is 11.0. The van der Waals surface area contributed by atoms with E-state index < -0.39 is 12.0 Å². The van der Waals surface area contributed by atoms with Gasteiger partial charge in [0, 0.05) is 12.3 Å². The average molecular weight is 274 g/mol. The highest BCUT2D eigenvalue weighted by molar-refractivity contribution is 8.00. The van der Waals surface area contributed by atoms with Gasteiger partial charge in [-0.25, -0.2) is 4.79 Å². The van der Waals surface area contributed by atoms with Gasteiger partial charge in [-0.1, -0.05) is 20.3 Å². The second kappa shape index (κ2) is 6.99. The topological polar surface area (TPSA) is 83.6 Å². The maximum atomic E-state index is 12.4. The van der Waals surface area contributed by atoms with Gasteiger partial charge in [0.1, 0.15) is 6.04 Å². The Morgan fingerprint density at radius 2 is 2.17 bits per heavy atom. The number of nitrogens with zero attached hydrogens (tertiary/aromatic N) is 1. The first kappa shape index (κ1) is 15.3. The first-order valence-electron chi connectivity index (χ1n) is 6.43. The van der Waals surface area contributed by atoms with Crippen LogP contribution in [0, 0.1) is 5.92 Å². The molecule has 0 bridgehead atoms. The lowest BCUT2D eigenvalue weighted by atomic mass is 10.0. The molecule has 1 aliphatic rings. The predicted octanol–water partition coefficient (Wildman–Crippen LogP) is 1.13. The van der Waals surface area contributed by atoms with Crippen molar-refractivity contribution in [3.05, 3.63) is 0 Å². The highest BCUT2D eigenvalue weighted by Gasteiger charge is 2.42. The van der Waals surface area contributed by atoms with Crippen molar-refractivity contribution in [1.29, 1.82) is 0 Å². The zero-order valence-corrected chi connectivity index (χ0v) is 11.8. The summed E-state index contributed by atoms with van der Waals surface area (Å²) in [5.74, 6) is -0.782. The third kappa shape index (κ3) is 3.17. The Morgan fingerprint density at radius 1 is 1.50 bits per heavy atom. The normalized spacial score (nSPS) is 25.2. The van der Waals surface area contributed by atoms with Gasteiger partial charge in [0.05, 0.1) is 11.3 Å². The predicted molar refractivity (Wildman–Crippen MR) is 72.3 cm³/mol. The van der Waals surface area contributed by atoms with Gasteiger partial charge in [-0.15, -0.1) is 11.8 Å². The van der Waals surface area contributed by atoms with E-state index in [1.165, 1.54) is 0 Å². The largest absolute Gasteiger partial charge is 0.480 e. The number of aliphatic carboxylic acids is 1. The second-order valence-corrected chi connectivity index (χ2v) is 5.73. The molecule has 0 saturated carbocycles. The van der Waals surface area contributed by atoms with E-state index in [4.69, 9.17) is 5.73 Å². The molecule has 0 aromatic heterocycles. The molecule has 18 heavy (non-hydrogen) atoms. The highest BCUT2D eigenvalue weighted by atomic mass is 32.2. The van der Waals surface area contributed by atoms with Gasteiger partial charge in [0.15, 0.2) is 0 Å². The molecule has 0 aliphatic carbocycles. The monoisotopic (exact) mass is 274 g/mol. The number of carbonyl (C=O) groups excluding carboxylic acids is 1. The summed E-state index contributed by atoms with van der Waals surface area (Å²) in [7, 11) is 0. The smallest absolute Gasteiger partial charge is 0.327 e. The molecule has 1 aliphatic heterocycles. The minimum atomic E-state index is -0.918. The molecule has 1 saturated heterocycles. The SMILES string of the molecule is CCCC(CN)C(=O)N1C(CC)SCC1C(=O)O. The molecule has 6 heteroatoms. The molecule has 5 nitrogen and oxygen atoms in total. The molecule has 3 atom stereocenters. The number of amides is 1. The fraction of sp³-hybridized carbons (Fsp3) is 0.833. The average Bonchev–Trinajstić information content (AvgIpc) is 2.78. The number of hydrogen-bond acceptors (Lipinski definition) is 4. The molecular weight excluding hydrogens is 252 g/mol. The second-order valence-electron chi connectivity index (χ2n) is 4.52. The Labute approximate surface area is 112 Å². The summed E-state index contributed by atoms with van der Waals surface area (Å²) in [6.07, 6.45) is 2.37. The quantitative estimate of drug-likeness (QED) is 0.758. The van der Waals surface area contributed by atoms with Gasteiger partial charge >= 0.3 is 5.97 Å². The number of rotatable bonds is 6. The fourth-order valence-corrected chi connectivity index (χ4v) is 3.62. The zero-order chi connectivity index (χ0) is 13.7. The van der Waals surface area contributed by atoms with Crippen LogP contribution in [0.15, 0.2) is 0 Å². The number of carbonyl (C=O) groups is 2. The van der Waals surface area contributed by atoms with Crippen molar-refractivity contribution < 1.29 is 14.7 Å². The van der Waals surface area contributed by atoms with E-state index in [0.717, 1.165) is 19.3 Å². The summed E-state index contributed by atoms with van der Waals surface area (Å²) in [4.78, 5) is 25.2. The van der Waals surface area contributed by atoms with Crippen LogP contribution in [-0.2, 0) is 9.59 Å². The summed E-state index contributed by atoms with van der Waals surface area (Å²) < 4.78 is 0. The van der Waals surface area contributed by atoms with Crippen molar-refractivity contribution in [2.45, 2.75) is 44.5 Å². The molecule has 3 unspecified atom stereocenters. The number of carboxylic acid groups (broad SMARTS) is 1. The van der Waals surface area contributed by atoms with E-state index in [1.807, 2.05) is 13.8 Å². The third-order valence-corrected chi connectivity index (χ3v) is 4.71. The fourth-order valence-electron chi connectivity index (χ4n) is 2.27. The number of carboxylic acids is 1. The van der Waals surface area contributed by atoms with Crippen LogP contribution in [-0.4, -0.2) is 45.6 Å². The Kier molecular flexibility index (Phi) is 5.95. The van der Waals surface area contributed by atoms with E-state index in [1.54, 1.807) is 16.7 Å².